The summed E-state index contributed by atoms with van der Waals surface area (Å²) in [7, 11) is 0. The van der Waals surface area contributed by atoms with E-state index in [0.717, 1.165) is 12.1 Å². The van der Waals surface area contributed by atoms with Gasteiger partial charge in [-0.3, -0.25) is 14.3 Å². The van der Waals surface area contributed by atoms with Crippen molar-refractivity contribution < 1.29 is 9.90 Å². The first-order valence-electron chi connectivity index (χ1n) is 11.5. The molecule has 0 unspecified atom stereocenters. The van der Waals surface area contributed by atoms with Gasteiger partial charge in [0.05, 0.1) is 12.1 Å². The number of nitrogens with one attached hydrogen (secondary N) is 2. The van der Waals surface area contributed by atoms with Gasteiger partial charge in [0, 0.05) is 11.8 Å². The van der Waals surface area contributed by atoms with Gasteiger partial charge in [-0.2, -0.15) is 0 Å². The van der Waals surface area contributed by atoms with Crippen molar-refractivity contribution >= 4 is 17.5 Å². The van der Waals surface area contributed by atoms with Crippen molar-refractivity contribution in [1.29, 1.82) is 0 Å². The summed E-state index contributed by atoms with van der Waals surface area (Å²) in [5, 5.41) is 12.4. The zero-order chi connectivity index (χ0) is 23.6. The smallest absolute Gasteiger partial charge is 0.335 e. The van der Waals surface area contributed by atoms with Crippen LogP contribution in [0.3, 0.4) is 0 Å². The normalized spacial score (nSPS) is 10.8. The van der Waals surface area contributed by atoms with Crippen LogP contribution in [0.25, 0.3) is 0 Å². The van der Waals surface area contributed by atoms with Gasteiger partial charge in [-0.1, -0.05) is 63.3 Å². The number of aromatic carboxylic acids is 1. The van der Waals surface area contributed by atoms with Crippen LogP contribution in [-0.4, -0.2) is 20.6 Å². The Morgan fingerprint density at radius 3 is 2.39 bits per heavy atom. The molecule has 0 amide bonds. The van der Waals surface area contributed by atoms with Crippen molar-refractivity contribution in [2.75, 3.05) is 5.32 Å². The lowest BCUT2D eigenvalue weighted by molar-refractivity contribution is 0.0696. The minimum Gasteiger partial charge on any atom is -0.478 e. The molecule has 3 aromatic rings. The number of hydrogen-bond acceptors (Lipinski definition) is 4. The molecule has 1 heterocycles. The molecule has 0 fully saturated rings. The fraction of sp³-hybridized carbons (Fsp3) is 0.346. The van der Waals surface area contributed by atoms with E-state index in [0.29, 0.717) is 11.4 Å². The second-order valence-electron chi connectivity index (χ2n) is 8.26. The lowest BCUT2D eigenvalue weighted by Crippen LogP contribution is -2.31. The SMILES string of the molecule is CCCCCCCCc1ccc(Nc2cc(=O)[nH]c(=O)n2Cc2cccc(C(=O)O)c2)cc1. The van der Waals surface area contributed by atoms with Gasteiger partial charge in [-0.15, -0.1) is 0 Å². The number of hydrogen-bond donors (Lipinski definition) is 3. The quantitative estimate of drug-likeness (QED) is 0.340. The highest BCUT2D eigenvalue weighted by molar-refractivity contribution is 5.87. The van der Waals surface area contributed by atoms with Gasteiger partial charge in [0.15, 0.2) is 0 Å². The van der Waals surface area contributed by atoms with Crippen molar-refractivity contribution in [3.63, 3.8) is 0 Å². The molecule has 174 valence electrons. The van der Waals surface area contributed by atoms with E-state index in [9.17, 15) is 19.5 Å². The number of unbranched alkanes of at least 4 members (excludes halogenated alkanes) is 5. The first-order chi connectivity index (χ1) is 16.0. The summed E-state index contributed by atoms with van der Waals surface area (Å²) in [5.41, 5.74) is 1.73. The Bertz CT molecular complexity index is 1180. The summed E-state index contributed by atoms with van der Waals surface area (Å²) >= 11 is 0. The van der Waals surface area contributed by atoms with E-state index in [1.807, 2.05) is 12.1 Å². The second-order valence-corrected chi connectivity index (χ2v) is 8.26. The van der Waals surface area contributed by atoms with Crippen molar-refractivity contribution in [2.24, 2.45) is 0 Å². The van der Waals surface area contributed by atoms with Crippen molar-refractivity contribution in [3.8, 4) is 0 Å². The van der Waals surface area contributed by atoms with Crippen molar-refractivity contribution in [1.82, 2.24) is 9.55 Å². The average Bonchev–Trinajstić information content (AvgIpc) is 2.79. The van der Waals surface area contributed by atoms with Gasteiger partial charge in [-0.25, -0.2) is 9.59 Å². The van der Waals surface area contributed by atoms with Crippen LogP contribution in [0.4, 0.5) is 11.5 Å². The number of aromatic amines is 1. The first kappa shape index (κ1) is 24.0. The predicted octanol–water partition coefficient (Wildman–Crippen LogP) is 4.93. The Balaban J connectivity index is 1.71. The van der Waals surface area contributed by atoms with Crippen LogP contribution in [0.15, 0.2) is 64.2 Å². The van der Waals surface area contributed by atoms with E-state index < -0.39 is 17.2 Å². The second kappa shape index (κ2) is 11.9. The highest BCUT2D eigenvalue weighted by Crippen LogP contribution is 2.18. The van der Waals surface area contributed by atoms with Gasteiger partial charge in [-0.05, 0) is 48.2 Å². The Labute approximate surface area is 193 Å². The number of nitrogens with zero attached hydrogens (tertiary/aromatic N) is 1. The van der Waals surface area contributed by atoms with Crippen LogP contribution in [0.2, 0.25) is 0 Å². The maximum absolute atomic E-state index is 12.5. The van der Waals surface area contributed by atoms with Gasteiger partial charge >= 0.3 is 11.7 Å². The molecule has 0 bridgehead atoms. The minimum atomic E-state index is -1.04. The third-order valence-corrected chi connectivity index (χ3v) is 5.59. The Kier molecular flexibility index (Phi) is 8.63. The maximum atomic E-state index is 12.5. The molecule has 3 N–H and O–H groups in total. The monoisotopic (exact) mass is 449 g/mol. The summed E-state index contributed by atoms with van der Waals surface area (Å²) in [6, 6.07) is 15.7. The van der Waals surface area contributed by atoms with Crippen LogP contribution >= 0.6 is 0 Å². The first-order valence-corrected chi connectivity index (χ1v) is 11.5. The molecule has 2 aromatic carbocycles. The number of aromatic nitrogens is 2. The van der Waals surface area contributed by atoms with Gasteiger partial charge in [0.25, 0.3) is 5.56 Å². The highest BCUT2D eigenvalue weighted by Gasteiger charge is 2.10. The fourth-order valence-electron chi connectivity index (χ4n) is 3.78. The highest BCUT2D eigenvalue weighted by atomic mass is 16.4. The van der Waals surface area contributed by atoms with Crippen LogP contribution in [0.5, 0.6) is 0 Å². The topological polar surface area (TPSA) is 104 Å². The van der Waals surface area contributed by atoms with E-state index >= 15 is 0 Å². The van der Waals surface area contributed by atoms with Gasteiger partial charge in [0.2, 0.25) is 0 Å². The lowest BCUT2D eigenvalue weighted by Gasteiger charge is -2.14. The van der Waals surface area contributed by atoms with E-state index in [1.54, 1.807) is 12.1 Å². The molecule has 0 aliphatic heterocycles. The molecule has 7 heteroatoms. The maximum Gasteiger partial charge on any atom is 0.335 e. The Morgan fingerprint density at radius 1 is 0.939 bits per heavy atom. The molecule has 0 spiro atoms. The summed E-state index contributed by atoms with van der Waals surface area (Å²) in [6.45, 7) is 2.34. The van der Waals surface area contributed by atoms with E-state index in [-0.39, 0.29) is 12.1 Å². The van der Waals surface area contributed by atoms with Crippen molar-refractivity contribution in [2.45, 2.75) is 58.4 Å². The van der Waals surface area contributed by atoms with Crippen LogP contribution in [0.1, 0.15) is 66.9 Å². The number of H-pyrrole nitrogens is 1. The molecule has 0 radical (unpaired) electrons. The fourth-order valence-corrected chi connectivity index (χ4v) is 3.78. The van der Waals surface area contributed by atoms with Crippen molar-refractivity contribution in [3.05, 3.63) is 92.1 Å². The summed E-state index contributed by atoms with van der Waals surface area (Å²) in [4.78, 5) is 37.9. The summed E-state index contributed by atoms with van der Waals surface area (Å²) in [6.07, 6.45) is 8.58. The third-order valence-electron chi connectivity index (χ3n) is 5.59. The lowest BCUT2D eigenvalue weighted by atomic mass is 10.0. The number of rotatable bonds is 12. The molecule has 0 aliphatic rings. The van der Waals surface area contributed by atoms with E-state index in [1.165, 1.54) is 66.9 Å². The molecular weight excluding hydrogens is 418 g/mol. The van der Waals surface area contributed by atoms with Crippen LogP contribution < -0.4 is 16.6 Å². The Hall–Kier alpha value is -3.61. The standard InChI is InChI=1S/C26H31N3O4/c1-2-3-4-5-6-7-9-19-12-14-22(15-13-19)27-23-17-24(30)28-26(33)29(23)18-20-10-8-11-21(16-20)25(31)32/h8,10-17,27H,2-7,9,18H2,1H3,(H,31,32)(H,28,30,33). The summed E-state index contributed by atoms with van der Waals surface area (Å²) < 4.78 is 1.38. The predicted molar refractivity (Wildman–Crippen MR) is 131 cm³/mol. The molecule has 33 heavy (non-hydrogen) atoms. The summed E-state index contributed by atoms with van der Waals surface area (Å²) in [5.74, 6) is -0.696. The molecule has 0 saturated carbocycles. The van der Waals surface area contributed by atoms with Crippen LogP contribution in [-0.2, 0) is 13.0 Å². The number of carboxylic acid groups (broad SMARTS) is 1. The van der Waals surface area contributed by atoms with E-state index in [4.69, 9.17) is 0 Å². The third kappa shape index (κ3) is 7.20. The number of carboxylic acids is 1. The number of anilines is 2. The molecule has 7 nitrogen and oxygen atoms in total. The number of benzene rings is 2. The van der Waals surface area contributed by atoms with E-state index in [2.05, 4.69) is 29.4 Å². The molecule has 0 saturated heterocycles. The molecule has 0 aliphatic carbocycles. The molecular formula is C26H31N3O4. The largest absolute Gasteiger partial charge is 0.478 e. The molecule has 1 aromatic heterocycles. The average molecular weight is 450 g/mol. The molecule has 0 atom stereocenters. The minimum absolute atomic E-state index is 0.120. The van der Waals surface area contributed by atoms with Gasteiger partial charge < -0.3 is 10.4 Å². The number of carbonyl (C=O) groups is 1. The van der Waals surface area contributed by atoms with Gasteiger partial charge in [0.1, 0.15) is 5.82 Å². The zero-order valence-corrected chi connectivity index (χ0v) is 19.0. The zero-order valence-electron chi connectivity index (χ0n) is 19.0. The number of aryl methyl sites for hydroxylation is 1. The van der Waals surface area contributed by atoms with Crippen LogP contribution in [0, 0.1) is 0 Å². The Morgan fingerprint density at radius 2 is 1.67 bits per heavy atom. The molecule has 3 rings (SSSR count).